The van der Waals surface area contributed by atoms with E-state index in [9.17, 15) is 13.2 Å². The molecule has 0 saturated carbocycles. The van der Waals surface area contributed by atoms with E-state index in [4.69, 9.17) is 10.5 Å². The van der Waals surface area contributed by atoms with Gasteiger partial charge in [-0.2, -0.15) is 0 Å². The molecule has 0 heterocycles. The van der Waals surface area contributed by atoms with Gasteiger partial charge in [-0.25, -0.2) is 17.9 Å². The van der Waals surface area contributed by atoms with Gasteiger partial charge < -0.3 is 15.2 Å². The molecule has 21 heavy (non-hydrogen) atoms. The Bertz CT molecular complexity index is 601. The molecule has 0 aromatic heterocycles. The first kappa shape index (κ1) is 17.4. The van der Waals surface area contributed by atoms with Crippen molar-refractivity contribution in [3.63, 3.8) is 0 Å². The maximum atomic E-state index is 12.2. The van der Waals surface area contributed by atoms with Crippen molar-refractivity contribution in [1.29, 1.82) is 0 Å². The lowest BCUT2D eigenvalue weighted by Crippen LogP contribution is -2.30. The molecule has 1 aromatic rings. The van der Waals surface area contributed by atoms with E-state index in [2.05, 4.69) is 9.46 Å². The smallest absolute Gasteiger partial charge is 0.337 e. The van der Waals surface area contributed by atoms with Crippen molar-refractivity contribution in [2.45, 2.75) is 11.8 Å². The van der Waals surface area contributed by atoms with E-state index >= 15 is 0 Å². The number of nitrogen functional groups attached to an aromatic ring is 1. The number of carbonyl (C=O) groups excluding carboxylic acids is 1. The van der Waals surface area contributed by atoms with Crippen molar-refractivity contribution in [2.75, 3.05) is 33.1 Å². The van der Waals surface area contributed by atoms with Gasteiger partial charge in [0.15, 0.2) is 0 Å². The third-order valence-electron chi connectivity index (χ3n) is 2.79. The third-order valence-corrected chi connectivity index (χ3v) is 4.29. The predicted molar refractivity (Wildman–Crippen MR) is 78.4 cm³/mol. The number of nitrogens with two attached hydrogens (primary N) is 1. The van der Waals surface area contributed by atoms with Crippen LogP contribution in [0.5, 0.6) is 0 Å². The predicted octanol–water partition coefficient (Wildman–Crippen LogP) is 0.616. The van der Waals surface area contributed by atoms with Crippen molar-refractivity contribution in [3.8, 4) is 0 Å². The summed E-state index contributed by atoms with van der Waals surface area (Å²) >= 11 is 0. The molecule has 0 aliphatic carbocycles. The second-order valence-electron chi connectivity index (χ2n) is 4.66. The van der Waals surface area contributed by atoms with E-state index in [1.807, 2.05) is 6.92 Å². The normalized spacial score (nSPS) is 12.9. The molecule has 1 rings (SSSR count). The fourth-order valence-corrected chi connectivity index (χ4v) is 2.99. The summed E-state index contributed by atoms with van der Waals surface area (Å²) in [4.78, 5) is 11.3. The van der Waals surface area contributed by atoms with Crippen LogP contribution < -0.4 is 10.5 Å². The van der Waals surface area contributed by atoms with Crippen molar-refractivity contribution >= 4 is 21.7 Å². The van der Waals surface area contributed by atoms with Crippen LogP contribution in [0.25, 0.3) is 0 Å². The van der Waals surface area contributed by atoms with Crippen LogP contribution in [-0.2, 0) is 19.5 Å². The van der Waals surface area contributed by atoms with Crippen molar-refractivity contribution in [2.24, 2.45) is 5.92 Å². The number of ether oxygens (including phenoxy) is 2. The number of methoxy groups -OCH3 is 2. The van der Waals surface area contributed by atoms with E-state index in [0.29, 0.717) is 6.61 Å². The first-order valence-corrected chi connectivity index (χ1v) is 7.76. The number of nitrogens with one attached hydrogen (secondary N) is 1. The Morgan fingerprint density at radius 2 is 2.05 bits per heavy atom. The maximum Gasteiger partial charge on any atom is 0.337 e. The Morgan fingerprint density at radius 1 is 1.38 bits per heavy atom. The number of hydrogen-bond acceptors (Lipinski definition) is 6. The highest BCUT2D eigenvalue weighted by atomic mass is 32.2. The lowest BCUT2D eigenvalue weighted by atomic mass is 10.2. The van der Waals surface area contributed by atoms with Crippen LogP contribution in [0, 0.1) is 5.92 Å². The van der Waals surface area contributed by atoms with Crippen molar-refractivity contribution in [1.82, 2.24) is 4.72 Å². The molecular formula is C13H20N2O5S. The first-order chi connectivity index (χ1) is 9.81. The number of esters is 1. The number of carbonyl (C=O) groups is 1. The van der Waals surface area contributed by atoms with Crippen LogP contribution in [0.3, 0.4) is 0 Å². The molecule has 0 fully saturated rings. The van der Waals surface area contributed by atoms with Gasteiger partial charge in [0.05, 0.1) is 18.4 Å². The molecule has 0 spiro atoms. The van der Waals surface area contributed by atoms with Crippen LogP contribution in [-0.4, -0.2) is 41.8 Å². The summed E-state index contributed by atoms with van der Waals surface area (Å²) in [5.74, 6) is -0.548. The average molecular weight is 316 g/mol. The third kappa shape index (κ3) is 4.69. The van der Waals surface area contributed by atoms with Gasteiger partial charge in [0, 0.05) is 20.3 Å². The molecule has 1 atom stereocenters. The lowest BCUT2D eigenvalue weighted by molar-refractivity contribution is 0.0600. The van der Waals surface area contributed by atoms with Crippen LogP contribution in [0.1, 0.15) is 17.3 Å². The minimum absolute atomic E-state index is 0.00945. The molecule has 118 valence electrons. The largest absolute Gasteiger partial charge is 0.465 e. The summed E-state index contributed by atoms with van der Waals surface area (Å²) in [6, 6.07) is 3.92. The Labute approximate surface area is 124 Å². The highest BCUT2D eigenvalue weighted by Crippen LogP contribution is 2.20. The van der Waals surface area contributed by atoms with Crippen LogP contribution in [0.2, 0.25) is 0 Å². The molecule has 8 heteroatoms. The Hall–Kier alpha value is -1.64. The van der Waals surface area contributed by atoms with Gasteiger partial charge in [-0.3, -0.25) is 0 Å². The zero-order valence-corrected chi connectivity index (χ0v) is 13.1. The molecule has 0 amide bonds. The summed E-state index contributed by atoms with van der Waals surface area (Å²) in [7, 11) is -0.948. The zero-order valence-electron chi connectivity index (χ0n) is 12.3. The number of hydrogen-bond donors (Lipinski definition) is 2. The lowest BCUT2D eigenvalue weighted by Gasteiger charge is -2.13. The van der Waals surface area contributed by atoms with Gasteiger partial charge in [-0.05, 0) is 24.1 Å². The molecule has 1 unspecified atom stereocenters. The maximum absolute atomic E-state index is 12.2. The SMILES string of the molecule is COCC(C)CNS(=O)(=O)c1ccc(C(=O)OC)cc1N. The fraction of sp³-hybridized carbons (Fsp3) is 0.462. The van der Waals surface area contributed by atoms with Crippen LogP contribution >= 0.6 is 0 Å². The Balaban J connectivity index is 2.91. The van der Waals surface area contributed by atoms with Gasteiger partial charge in [0.2, 0.25) is 10.0 Å². The minimum Gasteiger partial charge on any atom is -0.465 e. The zero-order chi connectivity index (χ0) is 16.0. The van der Waals surface area contributed by atoms with E-state index in [1.54, 1.807) is 7.11 Å². The van der Waals surface area contributed by atoms with E-state index < -0.39 is 16.0 Å². The molecule has 0 aliphatic rings. The monoisotopic (exact) mass is 316 g/mol. The molecule has 0 radical (unpaired) electrons. The summed E-state index contributed by atoms with van der Waals surface area (Å²) in [5, 5.41) is 0. The molecule has 0 saturated heterocycles. The number of sulfonamides is 1. The van der Waals surface area contributed by atoms with Gasteiger partial charge in [-0.1, -0.05) is 6.92 Å². The molecule has 0 bridgehead atoms. The topological polar surface area (TPSA) is 108 Å². The summed E-state index contributed by atoms with van der Waals surface area (Å²) in [6.45, 7) is 2.53. The van der Waals surface area contributed by atoms with Gasteiger partial charge in [0.25, 0.3) is 0 Å². The van der Waals surface area contributed by atoms with Crippen molar-refractivity contribution in [3.05, 3.63) is 23.8 Å². The average Bonchev–Trinajstić information content (AvgIpc) is 2.44. The van der Waals surface area contributed by atoms with Crippen molar-refractivity contribution < 1.29 is 22.7 Å². The minimum atomic E-state index is -3.74. The van der Waals surface area contributed by atoms with E-state index in [-0.39, 0.29) is 28.6 Å². The van der Waals surface area contributed by atoms with Gasteiger partial charge in [-0.15, -0.1) is 0 Å². The molecule has 7 nitrogen and oxygen atoms in total. The van der Waals surface area contributed by atoms with Gasteiger partial charge >= 0.3 is 5.97 Å². The van der Waals surface area contributed by atoms with Gasteiger partial charge in [0.1, 0.15) is 4.90 Å². The standard InChI is InChI=1S/C13H20N2O5S/c1-9(8-19-2)7-15-21(17,18)12-5-4-10(6-11(12)14)13(16)20-3/h4-6,9,15H,7-8,14H2,1-3H3. The summed E-state index contributed by atoms with van der Waals surface area (Å²) < 4.78 is 36.3. The Kier molecular flexibility index (Phi) is 6.13. The number of anilines is 1. The second-order valence-corrected chi connectivity index (χ2v) is 6.39. The number of benzene rings is 1. The Morgan fingerprint density at radius 3 is 2.57 bits per heavy atom. The van der Waals surface area contributed by atoms with Crippen LogP contribution in [0.4, 0.5) is 5.69 Å². The molecule has 0 aliphatic heterocycles. The second kappa shape index (κ2) is 7.39. The highest BCUT2D eigenvalue weighted by molar-refractivity contribution is 7.89. The highest BCUT2D eigenvalue weighted by Gasteiger charge is 2.19. The van der Waals surface area contributed by atoms with E-state index in [0.717, 1.165) is 0 Å². The fourth-order valence-electron chi connectivity index (χ4n) is 1.71. The summed E-state index contributed by atoms with van der Waals surface area (Å²) in [6.07, 6.45) is 0. The number of rotatable bonds is 7. The molecule has 3 N–H and O–H groups in total. The van der Waals surface area contributed by atoms with Crippen LogP contribution in [0.15, 0.2) is 23.1 Å². The first-order valence-electron chi connectivity index (χ1n) is 6.28. The molecule has 1 aromatic carbocycles. The van der Waals surface area contributed by atoms with E-state index in [1.165, 1.54) is 25.3 Å². The molecular weight excluding hydrogens is 296 g/mol. The summed E-state index contributed by atoms with van der Waals surface area (Å²) in [5.41, 5.74) is 5.90. The quantitative estimate of drug-likeness (QED) is 0.564.